The summed E-state index contributed by atoms with van der Waals surface area (Å²) in [4.78, 5) is 24.0. The summed E-state index contributed by atoms with van der Waals surface area (Å²) in [5, 5.41) is 0. The van der Waals surface area contributed by atoms with Crippen LogP contribution < -0.4 is 0 Å². The number of hydrogen-bond acceptors (Lipinski definition) is 4. The maximum absolute atomic E-state index is 12.1. The van der Waals surface area contributed by atoms with Crippen molar-refractivity contribution < 1.29 is 19.1 Å². The fourth-order valence-electron chi connectivity index (χ4n) is 2.00. The lowest BCUT2D eigenvalue weighted by Crippen LogP contribution is -2.41. The van der Waals surface area contributed by atoms with Gasteiger partial charge in [0.1, 0.15) is 0 Å². The predicted octanol–water partition coefficient (Wildman–Crippen LogP) is 2.70. The molecule has 0 aliphatic rings. The average Bonchev–Trinajstić information content (AvgIpc) is 2.34. The highest BCUT2D eigenvalue weighted by Crippen LogP contribution is 2.33. The summed E-state index contributed by atoms with van der Waals surface area (Å²) >= 11 is 0. The van der Waals surface area contributed by atoms with Gasteiger partial charge >= 0.3 is 11.9 Å². The van der Waals surface area contributed by atoms with E-state index in [4.69, 9.17) is 9.47 Å². The van der Waals surface area contributed by atoms with E-state index in [0.29, 0.717) is 19.4 Å². The van der Waals surface area contributed by atoms with Gasteiger partial charge in [0.15, 0.2) is 5.41 Å². The van der Waals surface area contributed by atoms with Gasteiger partial charge in [0.25, 0.3) is 0 Å². The molecule has 0 bridgehead atoms. The molecule has 100 valence electrons. The Hall–Kier alpha value is -1.06. The van der Waals surface area contributed by atoms with Crippen LogP contribution in [0.15, 0.2) is 0 Å². The van der Waals surface area contributed by atoms with Crippen LogP contribution in [0.25, 0.3) is 0 Å². The summed E-state index contributed by atoms with van der Waals surface area (Å²) in [7, 11) is 1.31. The second-order valence-electron chi connectivity index (χ2n) is 4.21. The first kappa shape index (κ1) is 15.9. The van der Waals surface area contributed by atoms with Gasteiger partial charge < -0.3 is 9.47 Å². The van der Waals surface area contributed by atoms with E-state index in [0.717, 1.165) is 19.3 Å². The van der Waals surface area contributed by atoms with Gasteiger partial charge in [0, 0.05) is 0 Å². The molecular weight excluding hydrogens is 220 g/mol. The number of methoxy groups -OCH3 is 1. The van der Waals surface area contributed by atoms with Gasteiger partial charge in [-0.05, 0) is 19.3 Å². The molecule has 0 N–H and O–H groups in total. The molecule has 17 heavy (non-hydrogen) atoms. The summed E-state index contributed by atoms with van der Waals surface area (Å²) < 4.78 is 9.93. The Bertz CT molecular complexity index is 242. The van der Waals surface area contributed by atoms with Crippen LogP contribution in [-0.2, 0) is 19.1 Å². The van der Waals surface area contributed by atoms with E-state index < -0.39 is 17.4 Å². The van der Waals surface area contributed by atoms with E-state index in [1.165, 1.54) is 7.11 Å². The Morgan fingerprint density at radius 2 is 1.47 bits per heavy atom. The summed E-state index contributed by atoms with van der Waals surface area (Å²) in [6.45, 7) is 6.17. The lowest BCUT2D eigenvalue weighted by molar-refractivity contribution is -0.172. The van der Waals surface area contributed by atoms with E-state index in [-0.39, 0.29) is 0 Å². The van der Waals surface area contributed by atoms with Crippen LogP contribution in [-0.4, -0.2) is 25.7 Å². The van der Waals surface area contributed by atoms with E-state index >= 15 is 0 Å². The van der Waals surface area contributed by atoms with Crippen molar-refractivity contribution in [2.24, 2.45) is 5.41 Å². The summed E-state index contributed by atoms with van der Waals surface area (Å²) in [6.07, 6.45) is 3.21. The fraction of sp³-hybridized carbons (Fsp3) is 0.846. The molecule has 0 fully saturated rings. The highest BCUT2D eigenvalue weighted by atomic mass is 16.6. The predicted molar refractivity (Wildman–Crippen MR) is 65.5 cm³/mol. The first-order valence-corrected chi connectivity index (χ1v) is 6.34. The molecule has 0 saturated heterocycles. The zero-order valence-corrected chi connectivity index (χ0v) is 11.4. The number of carbonyl (C=O) groups is 2. The van der Waals surface area contributed by atoms with Gasteiger partial charge in [-0.15, -0.1) is 0 Å². The molecular formula is C13H24O4. The van der Waals surface area contributed by atoms with Gasteiger partial charge in [0.05, 0.1) is 13.7 Å². The monoisotopic (exact) mass is 244 g/mol. The molecule has 0 aromatic carbocycles. The number of esters is 2. The van der Waals surface area contributed by atoms with Crippen LogP contribution in [0.3, 0.4) is 0 Å². The molecule has 0 aromatic heterocycles. The van der Waals surface area contributed by atoms with Crippen LogP contribution in [0.1, 0.15) is 52.9 Å². The highest BCUT2D eigenvalue weighted by Gasteiger charge is 2.46. The van der Waals surface area contributed by atoms with Crippen LogP contribution in [0.2, 0.25) is 0 Å². The van der Waals surface area contributed by atoms with Crippen molar-refractivity contribution in [3.63, 3.8) is 0 Å². The molecule has 0 amide bonds. The van der Waals surface area contributed by atoms with Crippen molar-refractivity contribution in [1.29, 1.82) is 0 Å². The largest absolute Gasteiger partial charge is 0.468 e. The molecule has 0 aliphatic heterocycles. The van der Waals surface area contributed by atoms with Crippen molar-refractivity contribution in [3.05, 3.63) is 0 Å². The molecule has 0 atom stereocenters. The maximum atomic E-state index is 12.1. The summed E-state index contributed by atoms with van der Waals surface area (Å²) in [6, 6.07) is 0. The van der Waals surface area contributed by atoms with Gasteiger partial charge in [-0.2, -0.15) is 0 Å². The van der Waals surface area contributed by atoms with Gasteiger partial charge in [-0.3, -0.25) is 9.59 Å². The van der Waals surface area contributed by atoms with Crippen LogP contribution in [0.5, 0.6) is 0 Å². The number of ether oxygens (including phenoxy) is 2. The minimum absolute atomic E-state index is 0.352. The molecule has 0 aliphatic carbocycles. The average molecular weight is 244 g/mol. The number of carbonyl (C=O) groups excluding carboxylic acids is 2. The van der Waals surface area contributed by atoms with Crippen molar-refractivity contribution >= 4 is 11.9 Å². The molecule has 4 nitrogen and oxygen atoms in total. The minimum atomic E-state index is -1.10. The minimum Gasteiger partial charge on any atom is -0.468 e. The van der Waals surface area contributed by atoms with E-state index in [2.05, 4.69) is 0 Å². The lowest BCUT2D eigenvalue weighted by Gasteiger charge is -2.28. The maximum Gasteiger partial charge on any atom is 0.323 e. The first-order chi connectivity index (χ1) is 8.08. The Labute approximate surface area is 104 Å². The van der Waals surface area contributed by atoms with Crippen molar-refractivity contribution in [3.8, 4) is 0 Å². The molecule has 0 aromatic rings. The summed E-state index contributed by atoms with van der Waals surface area (Å²) in [5.41, 5.74) is -1.10. The zero-order valence-electron chi connectivity index (χ0n) is 11.4. The Kier molecular flexibility index (Phi) is 7.59. The molecule has 0 spiro atoms. The Morgan fingerprint density at radius 3 is 1.82 bits per heavy atom. The highest BCUT2D eigenvalue weighted by molar-refractivity contribution is 6.00. The van der Waals surface area contributed by atoms with Gasteiger partial charge in [-0.1, -0.05) is 33.6 Å². The van der Waals surface area contributed by atoms with Crippen molar-refractivity contribution in [1.82, 2.24) is 0 Å². The molecule has 0 radical (unpaired) electrons. The number of rotatable bonds is 8. The molecule has 0 heterocycles. The zero-order chi connectivity index (χ0) is 13.3. The van der Waals surface area contributed by atoms with E-state index in [9.17, 15) is 9.59 Å². The Balaban J connectivity index is 5.00. The second-order valence-corrected chi connectivity index (χ2v) is 4.21. The van der Waals surface area contributed by atoms with E-state index in [1.54, 1.807) is 0 Å². The first-order valence-electron chi connectivity index (χ1n) is 6.34. The topological polar surface area (TPSA) is 52.6 Å². The third-order valence-corrected chi connectivity index (χ3v) is 2.76. The molecule has 0 saturated carbocycles. The van der Waals surface area contributed by atoms with Crippen LogP contribution in [0.4, 0.5) is 0 Å². The second kappa shape index (κ2) is 8.09. The van der Waals surface area contributed by atoms with Crippen LogP contribution in [0, 0.1) is 5.41 Å². The molecule has 4 heteroatoms. The molecule has 0 rings (SSSR count). The van der Waals surface area contributed by atoms with Gasteiger partial charge in [-0.25, -0.2) is 0 Å². The van der Waals surface area contributed by atoms with E-state index in [1.807, 2.05) is 20.8 Å². The van der Waals surface area contributed by atoms with Gasteiger partial charge in [0.2, 0.25) is 0 Å². The SMILES string of the molecule is CCCOC(=O)C(CCC)(CCC)C(=O)OC. The fourth-order valence-corrected chi connectivity index (χ4v) is 2.00. The van der Waals surface area contributed by atoms with Crippen LogP contribution >= 0.6 is 0 Å². The number of hydrogen-bond donors (Lipinski definition) is 0. The standard InChI is InChI=1S/C13H24O4/c1-5-8-13(9-6-2,11(14)16-4)12(15)17-10-7-3/h5-10H2,1-4H3. The van der Waals surface area contributed by atoms with Crippen molar-refractivity contribution in [2.45, 2.75) is 52.9 Å². The molecule has 0 unspecified atom stereocenters. The quantitative estimate of drug-likeness (QED) is 0.486. The smallest absolute Gasteiger partial charge is 0.323 e. The third kappa shape index (κ3) is 4.02. The third-order valence-electron chi connectivity index (χ3n) is 2.76. The normalized spacial score (nSPS) is 11.1. The lowest BCUT2D eigenvalue weighted by atomic mass is 9.79. The Morgan fingerprint density at radius 1 is 0.941 bits per heavy atom. The van der Waals surface area contributed by atoms with Crippen molar-refractivity contribution in [2.75, 3.05) is 13.7 Å². The summed E-state index contributed by atoms with van der Waals surface area (Å²) in [5.74, 6) is -0.905.